The number of H-pyrrole nitrogens is 1. The van der Waals surface area contributed by atoms with Crippen LogP contribution in [-0.4, -0.2) is 59.5 Å². The van der Waals surface area contributed by atoms with Gasteiger partial charge in [-0.05, 0) is 19.1 Å². The summed E-state index contributed by atoms with van der Waals surface area (Å²) in [6.45, 7) is 2.14. The van der Waals surface area contributed by atoms with Gasteiger partial charge in [0.15, 0.2) is 5.65 Å². The van der Waals surface area contributed by atoms with Crippen LogP contribution in [0.4, 0.5) is 5.95 Å². The molecule has 1 aliphatic heterocycles. The topological polar surface area (TPSA) is 87.0 Å². The van der Waals surface area contributed by atoms with Crippen molar-refractivity contribution in [3.8, 4) is 11.3 Å². The van der Waals surface area contributed by atoms with Gasteiger partial charge >= 0.3 is 0 Å². The summed E-state index contributed by atoms with van der Waals surface area (Å²) in [5.74, 6) is 0.589. The summed E-state index contributed by atoms with van der Waals surface area (Å²) in [5.41, 5.74) is 2.06. The molecule has 0 saturated carbocycles. The summed E-state index contributed by atoms with van der Waals surface area (Å²) in [6, 6.07) is 0.380. The van der Waals surface area contributed by atoms with E-state index in [1.807, 2.05) is 0 Å². The fraction of sp³-hybridized carbons (Fsp3) is 0.429. The van der Waals surface area contributed by atoms with Crippen LogP contribution >= 0.6 is 23.5 Å². The molecule has 3 aromatic rings. The molecule has 24 heavy (non-hydrogen) atoms. The standard InChI is InChI=1S/C14H17ClN8S/c1-24-22-4-2-10(3-5-22)19-14-20-13-11(15)12(9-6-17-18-7-9)16-8-23(13)21-14/h6-8,10H,2-5H2,1H3,(H,17,18)(H,19,21). The van der Waals surface area contributed by atoms with Crippen LogP contribution in [0.25, 0.3) is 16.9 Å². The molecule has 0 aromatic carbocycles. The van der Waals surface area contributed by atoms with Gasteiger partial charge in [-0.2, -0.15) is 14.6 Å². The molecule has 0 atom stereocenters. The van der Waals surface area contributed by atoms with E-state index in [0.29, 0.717) is 28.4 Å². The van der Waals surface area contributed by atoms with E-state index in [0.717, 1.165) is 31.5 Å². The fourth-order valence-electron chi connectivity index (χ4n) is 2.84. The third kappa shape index (κ3) is 2.94. The average molecular weight is 365 g/mol. The van der Waals surface area contributed by atoms with Crippen LogP contribution in [0.1, 0.15) is 12.8 Å². The van der Waals surface area contributed by atoms with Crippen LogP contribution in [-0.2, 0) is 0 Å². The van der Waals surface area contributed by atoms with E-state index in [2.05, 4.69) is 41.1 Å². The number of hydrogen-bond donors (Lipinski definition) is 2. The molecule has 0 amide bonds. The molecule has 1 aliphatic rings. The minimum Gasteiger partial charge on any atom is -0.350 e. The molecule has 0 bridgehead atoms. The first-order chi connectivity index (χ1) is 11.7. The van der Waals surface area contributed by atoms with E-state index in [1.165, 1.54) is 0 Å². The Hall–Kier alpha value is -1.84. The highest BCUT2D eigenvalue weighted by atomic mass is 35.5. The number of aromatic amines is 1. The maximum Gasteiger partial charge on any atom is 0.243 e. The number of nitrogens with zero attached hydrogens (tertiary/aromatic N) is 6. The maximum atomic E-state index is 6.46. The zero-order valence-corrected chi connectivity index (χ0v) is 14.7. The molecule has 1 fully saturated rings. The van der Waals surface area contributed by atoms with Gasteiger partial charge in [-0.3, -0.25) is 9.40 Å². The van der Waals surface area contributed by atoms with Crippen molar-refractivity contribution in [1.82, 2.24) is 34.1 Å². The Morgan fingerprint density at radius 1 is 1.38 bits per heavy atom. The van der Waals surface area contributed by atoms with E-state index in [-0.39, 0.29) is 0 Å². The zero-order valence-electron chi connectivity index (χ0n) is 13.1. The lowest BCUT2D eigenvalue weighted by atomic mass is 10.1. The molecule has 1 saturated heterocycles. The minimum atomic E-state index is 0.380. The third-order valence-electron chi connectivity index (χ3n) is 4.15. The predicted molar refractivity (Wildman–Crippen MR) is 95.1 cm³/mol. The van der Waals surface area contributed by atoms with E-state index < -0.39 is 0 Å². The van der Waals surface area contributed by atoms with Gasteiger partial charge in [0.1, 0.15) is 11.3 Å². The van der Waals surface area contributed by atoms with Gasteiger partial charge in [0, 0.05) is 30.9 Å². The molecule has 3 aromatic heterocycles. The number of halogens is 1. The van der Waals surface area contributed by atoms with Crippen molar-refractivity contribution in [3.05, 3.63) is 23.7 Å². The minimum absolute atomic E-state index is 0.380. The largest absolute Gasteiger partial charge is 0.350 e. The van der Waals surface area contributed by atoms with Crippen LogP contribution in [0.2, 0.25) is 5.02 Å². The Balaban J connectivity index is 1.56. The Morgan fingerprint density at radius 2 is 2.21 bits per heavy atom. The molecule has 4 heterocycles. The Labute approximate surface area is 148 Å². The fourth-order valence-corrected chi connectivity index (χ4v) is 3.70. The zero-order chi connectivity index (χ0) is 16.5. The third-order valence-corrected chi connectivity index (χ3v) is 5.38. The number of nitrogens with one attached hydrogen (secondary N) is 2. The van der Waals surface area contributed by atoms with Crippen LogP contribution < -0.4 is 5.32 Å². The van der Waals surface area contributed by atoms with Crippen LogP contribution in [0.3, 0.4) is 0 Å². The first-order valence-electron chi connectivity index (χ1n) is 7.70. The van der Waals surface area contributed by atoms with Gasteiger partial charge < -0.3 is 5.32 Å². The average Bonchev–Trinajstić information content (AvgIpc) is 3.26. The van der Waals surface area contributed by atoms with Gasteiger partial charge in [0.2, 0.25) is 5.95 Å². The molecule has 2 N–H and O–H groups in total. The second-order valence-corrected chi connectivity index (χ2v) is 6.89. The van der Waals surface area contributed by atoms with Crippen LogP contribution in [0.15, 0.2) is 18.7 Å². The normalized spacial score (nSPS) is 16.8. The number of fused-ring (bicyclic) bond motifs is 1. The predicted octanol–water partition coefficient (Wildman–Crippen LogP) is 2.32. The summed E-state index contributed by atoms with van der Waals surface area (Å²) in [4.78, 5) is 8.90. The maximum absolute atomic E-state index is 6.46. The molecule has 10 heteroatoms. The van der Waals surface area contributed by atoms with Crippen molar-refractivity contribution in [3.63, 3.8) is 0 Å². The summed E-state index contributed by atoms with van der Waals surface area (Å²) in [5, 5.41) is 15.0. The number of aromatic nitrogens is 6. The molecule has 0 aliphatic carbocycles. The molecule has 0 unspecified atom stereocenters. The first-order valence-corrected chi connectivity index (χ1v) is 9.26. The first kappa shape index (κ1) is 15.7. The summed E-state index contributed by atoms with van der Waals surface area (Å²) >= 11 is 8.26. The van der Waals surface area contributed by atoms with Gasteiger partial charge in [-0.25, -0.2) is 4.98 Å². The highest BCUT2D eigenvalue weighted by molar-refractivity contribution is 7.96. The van der Waals surface area contributed by atoms with E-state index in [9.17, 15) is 0 Å². The van der Waals surface area contributed by atoms with Gasteiger partial charge in [0.25, 0.3) is 0 Å². The van der Waals surface area contributed by atoms with Crippen molar-refractivity contribution in [2.24, 2.45) is 0 Å². The second-order valence-electron chi connectivity index (χ2n) is 5.63. The monoisotopic (exact) mass is 364 g/mol. The number of rotatable bonds is 4. The SMILES string of the molecule is CSN1CCC(Nc2nc3c(Cl)c(-c4cn[nH]c4)ncn3n2)CC1. The van der Waals surface area contributed by atoms with E-state index in [4.69, 9.17) is 11.6 Å². The lowest BCUT2D eigenvalue weighted by molar-refractivity contribution is 0.358. The number of hydrogen-bond acceptors (Lipinski definition) is 7. The van der Waals surface area contributed by atoms with Crippen molar-refractivity contribution in [1.29, 1.82) is 0 Å². The van der Waals surface area contributed by atoms with Crippen molar-refractivity contribution in [2.75, 3.05) is 24.7 Å². The molecular weight excluding hydrogens is 348 g/mol. The molecule has 0 spiro atoms. The van der Waals surface area contributed by atoms with Gasteiger partial charge in [0.05, 0.1) is 11.9 Å². The van der Waals surface area contributed by atoms with Gasteiger partial charge in [-0.15, -0.1) is 5.10 Å². The lowest BCUT2D eigenvalue weighted by Crippen LogP contribution is -2.35. The van der Waals surface area contributed by atoms with E-state index in [1.54, 1.807) is 35.2 Å². The lowest BCUT2D eigenvalue weighted by Gasteiger charge is -2.30. The van der Waals surface area contributed by atoms with Crippen molar-refractivity contribution in [2.45, 2.75) is 18.9 Å². The Bertz CT molecular complexity index is 825. The van der Waals surface area contributed by atoms with Crippen LogP contribution in [0.5, 0.6) is 0 Å². The summed E-state index contributed by atoms with van der Waals surface area (Å²) in [6.07, 6.45) is 9.31. The highest BCUT2D eigenvalue weighted by Crippen LogP contribution is 2.28. The summed E-state index contributed by atoms with van der Waals surface area (Å²) < 4.78 is 3.97. The Kier molecular flexibility index (Phi) is 4.30. The summed E-state index contributed by atoms with van der Waals surface area (Å²) in [7, 11) is 0. The quantitative estimate of drug-likeness (QED) is 0.687. The molecule has 4 rings (SSSR count). The second kappa shape index (κ2) is 6.58. The van der Waals surface area contributed by atoms with Crippen molar-refractivity contribution < 1.29 is 0 Å². The molecule has 0 radical (unpaired) electrons. The van der Waals surface area contributed by atoms with E-state index >= 15 is 0 Å². The van der Waals surface area contributed by atoms with Crippen LogP contribution in [0, 0.1) is 0 Å². The Morgan fingerprint density at radius 3 is 2.92 bits per heavy atom. The van der Waals surface area contributed by atoms with Crippen molar-refractivity contribution >= 4 is 35.1 Å². The van der Waals surface area contributed by atoms with Gasteiger partial charge in [-0.1, -0.05) is 23.5 Å². The molecule has 126 valence electrons. The molecule has 8 nitrogen and oxygen atoms in total. The number of piperidine rings is 1. The highest BCUT2D eigenvalue weighted by Gasteiger charge is 2.20. The number of anilines is 1. The molecular formula is C14H17ClN8S. The smallest absolute Gasteiger partial charge is 0.243 e.